The summed E-state index contributed by atoms with van der Waals surface area (Å²) < 4.78 is 0. The van der Waals surface area contributed by atoms with Crippen LogP contribution in [0.15, 0.2) is 24.3 Å². The zero-order chi connectivity index (χ0) is 33.7. The van der Waals surface area contributed by atoms with E-state index in [1.807, 2.05) is 43.3 Å². The third-order valence-electron chi connectivity index (χ3n) is 7.37. The number of anilines is 1. The van der Waals surface area contributed by atoms with Crippen LogP contribution in [-0.4, -0.2) is 103 Å². The second-order valence-corrected chi connectivity index (χ2v) is 11.1. The number of hydrogen-bond acceptors (Lipinski definition) is 8. The van der Waals surface area contributed by atoms with Crippen molar-refractivity contribution in [2.75, 3.05) is 52.3 Å². The van der Waals surface area contributed by atoms with Gasteiger partial charge in [-0.2, -0.15) is 0 Å². The number of benzene rings is 1. The highest BCUT2D eigenvalue weighted by Crippen LogP contribution is 2.17. The number of carboxylic acid groups (broad SMARTS) is 1. The Morgan fingerprint density at radius 2 is 1.47 bits per heavy atom. The van der Waals surface area contributed by atoms with Gasteiger partial charge in [-0.05, 0) is 70.3 Å². The SMILES string of the molecule is C#CCNC(=O)C(CO)(CO)C(=O)NCCCC[C@@H](C(=O)NCCc1ccc(NC(=O)CCCCCCC(=O)O)cc1)N(C)C. The van der Waals surface area contributed by atoms with E-state index in [0.29, 0.717) is 57.2 Å². The number of unbranched alkanes of at least 4 members (excludes halogenated alkanes) is 4. The Morgan fingerprint density at radius 1 is 0.844 bits per heavy atom. The predicted octanol–water partition coefficient (Wildman–Crippen LogP) is 0.646. The monoisotopic (exact) mass is 631 g/mol. The smallest absolute Gasteiger partial charge is 0.303 e. The van der Waals surface area contributed by atoms with Crippen molar-refractivity contribution in [3.05, 3.63) is 29.8 Å². The number of nitrogens with zero attached hydrogens (tertiary/aromatic N) is 1. The zero-order valence-electron chi connectivity index (χ0n) is 26.4. The summed E-state index contributed by atoms with van der Waals surface area (Å²) in [7, 11) is 3.62. The van der Waals surface area contributed by atoms with Crippen LogP contribution in [0.25, 0.3) is 0 Å². The third kappa shape index (κ3) is 14.6. The van der Waals surface area contributed by atoms with Gasteiger partial charge in [0.15, 0.2) is 5.41 Å². The largest absolute Gasteiger partial charge is 0.481 e. The number of amides is 4. The lowest BCUT2D eigenvalue weighted by Crippen LogP contribution is -2.56. The number of carbonyl (C=O) groups excluding carboxylic acids is 4. The molecule has 0 aliphatic rings. The van der Waals surface area contributed by atoms with Gasteiger partial charge in [0.2, 0.25) is 23.6 Å². The highest BCUT2D eigenvalue weighted by molar-refractivity contribution is 6.05. The molecule has 4 amide bonds. The fraction of sp³-hybridized carbons (Fsp3) is 0.594. The van der Waals surface area contributed by atoms with Crippen molar-refractivity contribution in [2.24, 2.45) is 5.41 Å². The van der Waals surface area contributed by atoms with E-state index in [-0.39, 0.29) is 37.4 Å². The Hall–Kier alpha value is -3.99. The first-order chi connectivity index (χ1) is 21.5. The van der Waals surface area contributed by atoms with Crippen LogP contribution in [0.2, 0.25) is 0 Å². The van der Waals surface area contributed by atoms with Crippen molar-refractivity contribution in [1.82, 2.24) is 20.9 Å². The second-order valence-electron chi connectivity index (χ2n) is 11.1. The minimum atomic E-state index is -2.04. The van der Waals surface area contributed by atoms with E-state index in [1.165, 1.54) is 0 Å². The first kappa shape index (κ1) is 39.0. The molecular formula is C32H49N5O8. The number of terminal acetylenes is 1. The zero-order valence-corrected chi connectivity index (χ0v) is 26.4. The van der Waals surface area contributed by atoms with Gasteiger partial charge in [0.25, 0.3) is 0 Å². The average Bonchev–Trinajstić information content (AvgIpc) is 3.00. The van der Waals surface area contributed by atoms with Gasteiger partial charge in [-0.15, -0.1) is 6.42 Å². The molecule has 0 aliphatic carbocycles. The van der Waals surface area contributed by atoms with Crippen LogP contribution in [-0.2, 0) is 30.4 Å². The van der Waals surface area contributed by atoms with E-state index in [1.54, 1.807) is 0 Å². The van der Waals surface area contributed by atoms with Crippen LogP contribution in [0.1, 0.15) is 63.4 Å². The van der Waals surface area contributed by atoms with E-state index in [9.17, 15) is 34.2 Å². The maximum absolute atomic E-state index is 12.9. The number of carboxylic acids is 1. The molecular weight excluding hydrogens is 582 g/mol. The molecule has 0 heterocycles. The Balaban J connectivity index is 2.41. The van der Waals surface area contributed by atoms with Crippen LogP contribution in [0.4, 0.5) is 5.69 Å². The van der Waals surface area contributed by atoms with Gasteiger partial charge >= 0.3 is 5.97 Å². The Morgan fingerprint density at radius 3 is 2.04 bits per heavy atom. The number of likely N-dealkylation sites (N-methyl/N-ethyl adjacent to an activating group) is 1. The van der Waals surface area contributed by atoms with Gasteiger partial charge in [-0.1, -0.05) is 30.9 Å². The van der Waals surface area contributed by atoms with E-state index in [2.05, 4.69) is 27.2 Å². The van der Waals surface area contributed by atoms with Gasteiger partial charge < -0.3 is 36.6 Å². The molecule has 1 aromatic carbocycles. The number of carbonyl (C=O) groups is 5. The molecule has 1 atom stereocenters. The molecule has 13 heteroatoms. The quantitative estimate of drug-likeness (QED) is 0.0515. The molecule has 0 unspecified atom stereocenters. The lowest BCUT2D eigenvalue weighted by Gasteiger charge is -2.27. The molecule has 0 radical (unpaired) electrons. The molecule has 0 aliphatic heterocycles. The summed E-state index contributed by atoms with van der Waals surface area (Å²) in [4.78, 5) is 62.2. The predicted molar refractivity (Wildman–Crippen MR) is 170 cm³/mol. The molecule has 1 aromatic rings. The van der Waals surface area contributed by atoms with Crippen LogP contribution < -0.4 is 21.3 Å². The molecule has 13 nitrogen and oxygen atoms in total. The van der Waals surface area contributed by atoms with E-state index in [4.69, 9.17) is 11.5 Å². The first-order valence-corrected chi connectivity index (χ1v) is 15.3. The molecule has 0 fully saturated rings. The summed E-state index contributed by atoms with van der Waals surface area (Å²) in [6.07, 6.45) is 10.8. The van der Waals surface area contributed by atoms with E-state index >= 15 is 0 Å². The Bertz CT molecular complexity index is 1130. The van der Waals surface area contributed by atoms with Crippen molar-refractivity contribution < 1.29 is 39.3 Å². The maximum Gasteiger partial charge on any atom is 0.303 e. The normalized spacial score (nSPS) is 11.7. The fourth-order valence-corrected chi connectivity index (χ4v) is 4.54. The van der Waals surface area contributed by atoms with Gasteiger partial charge in [-0.25, -0.2) is 0 Å². The Labute approximate surface area is 265 Å². The number of nitrogens with one attached hydrogen (secondary N) is 4. The van der Waals surface area contributed by atoms with E-state index < -0.39 is 36.4 Å². The third-order valence-corrected chi connectivity index (χ3v) is 7.37. The summed E-state index contributed by atoms with van der Waals surface area (Å²) in [6, 6.07) is 7.04. The number of hydrogen-bond donors (Lipinski definition) is 7. The van der Waals surface area contributed by atoms with E-state index in [0.717, 1.165) is 18.4 Å². The van der Waals surface area contributed by atoms with Gasteiger partial charge in [0.1, 0.15) is 0 Å². The summed E-state index contributed by atoms with van der Waals surface area (Å²) in [5.74, 6) is -0.474. The molecule has 0 aromatic heterocycles. The number of rotatable bonds is 23. The minimum absolute atomic E-state index is 0.0858. The first-order valence-electron chi connectivity index (χ1n) is 15.3. The number of aliphatic hydroxyl groups is 2. The Kier molecular flexibility index (Phi) is 18.8. The fourth-order valence-electron chi connectivity index (χ4n) is 4.54. The topological polar surface area (TPSA) is 197 Å². The highest BCUT2D eigenvalue weighted by atomic mass is 16.4. The lowest BCUT2D eigenvalue weighted by atomic mass is 9.87. The molecule has 0 saturated carbocycles. The molecule has 45 heavy (non-hydrogen) atoms. The van der Waals surface area contributed by atoms with Crippen LogP contribution in [0, 0.1) is 17.8 Å². The average molecular weight is 632 g/mol. The van der Waals surface area contributed by atoms with Crippen LogP contribution >= 0.6 is 0 Å². The maximum atomic E-state index is 12.9. The van der Waals surface area contributed by atoms with Gasteiger partial charge in [0.05, 0.1) is 25.8 Å². The lowest BCUT2D eigenvalue weighted by molar-refractivity contribution is -0.149. The molecule has 250 valence electrons. The summed E-state index contributed by atoms with van der Waals surface area (Å²) in [5.41, 5.74) is -0.351. The minimum Gasteiger partial charge on any atom is -0.481 e. The molecule has 0 bridgehead atoms. The number of aliphatic hydroxyl groups excluding tert-OH is 2. The van der Waals surface area contributed by atoms with Crippen molar-refractivity contribution in [2.45, 2.75) is 70.3 Å². The standard InChI is InChI=1S/C32H49N5O8/c1-4-19-34-30(44)32(22-38,23-39)31(45)35-20-10-9-11-26(37(2)3)29(43)33-21-18-24-14-16-25(17-15-24)36-27(40)12-7-5-6-8-13-28(41)42/h1,14-17,26,38-39H,5-13,18-23H2,2-3H3,(H,33,43)(H,34,44)(H,35,45)(H,36,40)(H,41,42)/t26-/m0/s1. The van der Waals surface area contributed by atoms with Crippen molar-refractivity contribution >= 4 is 35.3 Å². The summed E-state index contributed by atoms with van der Waals surface area (Å²) in [5, 5.41) is 38.7. The van der Waals surface area contributed by atoms with Crippen molar-refractivity contribution in [3.8, 4) is 12.3 Å². The molecule has 0 spiro atoms. The highest BCUT2D eigenvalue weighted by Gasteiger charge is 2.44. The molecule has 1 rings (SSSR count). The van der Waals surface area contributed by atoms with Crippen molar-refractivity contribution in [3.63, 3.8) is 0 Å². The molecule has 0 saturated heterocycles. The second kappa shape index (κ2) is 21.7. The molecule has 7 N–H and O–H groups in total. The van der Waals surface area contributed by atoms with Crippen LogP contribution in [0.3, 0.4) is 0 Å². The summed E-state index contributed by atoms with van der Waals surface area (Å²) in [6.45, 7) is -1.28. The van der Waals surface area contributed by atoms with Crippen molar-refractivity contribution in [1.29, 1.82) is 0 Å². The number of aliphatic carboxylic acids is 1. The van der Waals surface area contributed by atoms with Crippen LogP contribution in [0.5, 0.6) is 0 Å². The van der Waals surface area contributed by atoms with Gasteiger partial charge in [0, 0.05) is 31.6 Å². The van der Waals surface area contributed by atoms with Gasteiger partial charge in [-0.3, -0.25) is 28.9 Å². The summed E-state index contributed by atoms with van der Waals surface area (Å²) >= 11 is 0.